The van der Waals surface area contributed by atoms with Crippen molar-refractivity contribution in [3.63, 3.8) is 0 Å². The van der Waals surface area contributed by atoms with Crippen LogP contribution < -0.4 is 0 Å². The fourth-order valence-corrected chi connectivity index (χ4v) is 3.44. The van der Waals surface area contributed by atoms with Crippen molar-refractivity contribution >= 4 is 11.0 Å². The molecular formula is C23H22N2. The lowest BCUT2D eigenvalue weighted by Gasteiger charge is -2.18. The zero-order valence-electron chi connectivity index (χ0n) is 14.7. The zero-order chi connectivity index (χ0) is 17.2. The number of benzene rings is 3. The van der Waals surface area contributed by atoms with Gasteiger partial charge in [-0.05, 0) is 38.0 Å². The number of hydrogen-bond acceptors (Lipinski definition) is 1. The maximum atomic E-state index is 4.94. The van der Waals surface area contributed by atoms with Gasteiger partial charge in [-0.15, -0.1) is 0 Å². The molecule has 0 aliphatic heterocycles. The summed E-state index contributed by atoms with van der Waals surface area (Å²) in [7, 11) is 0. The van der Waals surface area contributed by atoms with Crippen LogP contribution in [0.25, 0.3) is 22.4 Å². The van der Waals surface area contributed by atoms with Gasteiger partial charge in [0.15, 0.2) is 0 Å². The van der Waals surface area contributed by atoms with Crippen LogP contribution in [0.3, 0.4) is 0 Å². The van der Waals surface area contributed by atoms with Crippen molar-refractivity contribution in [3.8, 4) is 11.4 Å². The van der Waals surface area contributed by atoms with E-state index in [1.165, 1.54) is 22.2 Å². The van der Waals surface area contributed by atoms with E-state index >= 15 is 0 Å². The van der Waals surface area contributed by atoms with E-state index in [4.69, 9.17) is 4.98 Å². The third-order valence-corrected chi connectivity index (χ3v) is 4.72. The molecule has 0 amide bonds. The average Bonchev–Trinajstić information content (AvgIpc) is 3.03. The number of imidazole rings is 1. The van der Waals surface area contributed by atoms with Crippen LogP contribution in [0.2, 0.25) is 0 Å². The van der Waals surface area contributed by atoms with Gasteiger partial charge in [-0.2, -0.15) is 0 Å². The van der Waals surface area contributed by atoms with Crippen LogP contribution in [0, 0.1) is 6.92 Å². The number of hydrogen-bond donors (Lipinski definition) is 0. The highest BCUT2D eigenvalue weighted by atomic mass is 15.1. The van der Waals surface area contributed by atoms with Gasteiger partial charge in [0, 0.05) is 11.6 Å². The number of fused-ring (bicyclic) bond motifs is 1. The molecule has 1 unspecified atom stereocenters. The van der Waals surface area contributed by atoms with Gasteiger partial charge < -0.3 is 4.57 Å². The molecule has 3 aromatic carbocycles. The van der Waals surface area contributed by atoms with Gasteiger partial charge in [0.05, 0.1) is 11.0 Å². The van der Waals surface area contributed by atoms with E-state index in [-0.39, 0.29) is 0 Å². The lowest BCUT2D eigenvalue weighted by molar-refractivity contribution is 0.565. The minimum absolute atomic E-state index is 0.325. The maximum Gasteiger partial charge on any atom is 0.141 e. The van der Waals surface area contributed by atoms with E-state index in [9.17, 15) is 0 Å². The van der Waals surface area contributed by atoms with Crippen molar-refractivity contribution in [1.82, 2.24) is 9.55 Å². The van der Waals surface area contributed by atoms with Gasteiger partial charge in [0.1, 0.15) is 5.82 Å². The average molecular weight is 326 g/mol. The topological polar surface area (TPSA) is 17.8 Å². The third kappa shape index (κ3) is 3.08. The highest BCUT2D eigenvalue weighted by Gasteiger charge is 2.17. The molecule has 0 fully saturated rings. The molecule has 0 bridgehead atoms. The molecule has 0 aliphatic carbocycles. The smallest absolute Gasteiger partial charge is 0.141 e. The third-order valence-electron chi connectivity index (χ3n) is 4.72. The molecule has 1 atom stereocenters. The van der Waals surface area contributed by atoms with Gasteiger partial charge in [-0.3, -0.25) is 0 Å². The number of aryl methyl sites for hydroxylation is 1. The maximum absolute atomic E-state index is 4.94. The Hall–Kier alpha value is -2.87. The highest BCUT2D eigenvalue weighted by Crippen LogP contribution is 2.30. The second-order valence-electron chi connectivity index (χ2n) is 6.70. The highest BCUT2D eigenvalue weighted by molar-refractivity contribution is 5.80. The van der Waals surface area contributed by atoms with Gasteiger partial charge in [0.25, 0.3) is 0 Å². The van der Waals surface area contributed by atoms with E-state index in [2.05, 4.69) is 97.3 Å². The molecular weight excluding hydrogens is 304 g/mol. The van der Waals surface area contributed by atoms with Crippen molar-refractivity contribution in [2.24, 2.45) is 0 Å². The van der Waals surface area contributed by atoms with E-state index in [1.54, 1.807) is 0 Å². The summed E-state index contributed by atoms with van der Waals surface area (Å²) in [6.45, 7) is 4.39. The van der Waals surface area contributed by atoms with Crippen LogP contribution >= 0.6 is 0 Å². The first-order chi connectivity index (χ1) is 12.2. The second-order valence-corrected chi connectivity index (χ2v) is 6.70. The van der Waals surface area contributed by atoms with E-state index in [0.29, 0.717) is 6.04 Å². The first-order valence-corrected chi connectivity index (χ1v) is 8.80. The molecule has 0 aliphatic rings. The van der Waals surface area contributed by atoms with Gasteiger partial charge in [-0.25, -0.2) is 4.98 Å². The molecule has 4 rings (SSSR count). The molecule has 0 radical (unpaired) electrons. The van der Waals surface area contributed by atoms with E-state index < -0.39 is 0 Å². The van der Waals surface area contributed by atoms with Gasteiger partial charge in [0.2, 0.25) is 0 Å². The summed E-state index contributed by atoms with van der Waals surface area (Å²) in [6, 6.07) is 28.1. The van der Waals surface area contributed by atoms with E-state index in [1.807, 2.05) is 0 Å². The number of rotatable bonds is 4. The van der Waals surface area contributed by atoms with Crippen LogP contribution in [0.1, 0.15) is 24.1 Å². The molecule has 1 heterocycles. The SMILES string of the molecule is Cc1ccc(-c2nc3ccccc3n2C(C)Cc2ccccc2)cc1. The summed E-state index contributed by atoms with van der Waals surface area (Å²) in [5.41, 5.74) is 6.03. The minimum Gasteiger partial charge on any atom is -0.321 e. The van der Waals surface area contributed by atoms with Crippen molar-refractivity contribution in [1.29, 1.82) is 0 Å². The zero-order valence-corrected chi connectivity index (χ0v) is 14.7. The molecule has 124 valence electrons. The Morgan fingerprint density at radius 1 is 0.840 bits per heavy atom. The van der Waals surface area contributed by atoms with Crippen LogP contribution in [-0.2, 0) is 6.42 Å². The van der Waals surface area contributed by atoms with Crippen molar-refractivity contribution in [3.05, 3.63) is 90.0 Å². The number of nitrogens with zero attached hydrogens (tertiary/aromatic N) is 2. The molecule has 0 saturated carbocycles. The molecule has 1 aromatic heterocycles. The number of para-hydroxylation sites is 2. The summed E-state index contributed by atoms with van der Waals surface area (Å²) in [4.78, 5) is 4.94. The summed E-state index contributed by atoms with van der Waals surface area (Å²) in [5, 5.41) is 0. The Kier molecular flexibility index (Phi) is 4.10. The summed E-state index contributed by atoms with van der Waals surface area (Å²) in [6.07, 6.45) is 0.986. The molecule has 0 N–H and O–H groups in total. The first kappa shape index (κ1) is 15.6. The summed E-state index contributed by atoms with van der Waals surface area (Å²) >= 11 is 0. The second kappa shape index (κ2) is 6.56. The van der Waals surface area contributed by atoms with Gasteiger partial charge in [-0.1, -0.05) is 72.3 Å². The van der Waals surface area contributed by atoms with Crippen LogP contribution in [-0.4, -0.2) is 9.55 Å². The molecule has 4 aromatic rings. The Morgan fingerprint density at radius 3 is 2.28 bits per heavy atom. The molecule has 0 saturated heterocycles. The summed E-state index contributed by atoms with van der Waals surface area (Å²) < 4.78 is 2.38. The summed E-state index contributed by atoms with van der Waals surface area (Å²) in [5.74, 6) is 1.05. The van der Waals surface area contributed by atoms with Crippen LogP contribution in [0.15, 0.2) is 78.9 Å². The van der Waals surface area contributed by atoms with Crippen LogP contribution in [0.4, 0.5) is 0 Å². The molecule has 2 heteroatoms. The van der Waals surface area contributed by atoms with Gasteiger partial charge >= 0.3 is 0 Å². The predicted molar refractivity (Wildman–Crippen MR) is 105 cm³/mol. The van der Waals surface area contributed by atoms with E-state index in [0.717, 1.165) is 17.8 Å². The Bertz CT molecular complexity index is 982. The molecule has 2 nitrogen and oxygen atoms in total. The lowest BCUT2D eigenvalue weighted by atomic mass is 10.1. The monoisotopic (exact) mass is 326 g/mol. The standard InChI is InChI=1S/C23H22N2/c1-17-12-14-20(15-13-17)23-24-21-10-6-7-11-22(21)25(23)18(2)16-19-8-4-3-5-9-19/h3-15,18H,16H2,1-2H3. The quantitative estimate of drug-likeness (QED) is 0.462. The predicted octanol–water partition coefficient (Wildman–Crippen LogP) is 5.82. The van der Waals surface area contributed by atoms with Crippen LogP contribution in [0.5, 0.6) is 0 Å². The fourth-order valence-electron chi connectivity index (χ4n) is 3.44. The lowest BCUT2D eigenvalue weighted by Crippen LogP contribution is -2.10. The van der Waals surface area contributed by atoms with Crippen molar-refractivity contribution in [2.45, 2.75) is 26.3 Å². The molecule has 25 heavy (non-hydrogen) atoms. The Balaban J connectivity index is 1.83. The minimum atomic E-state index is 0.325. The number of aromatic nitrogens is 2. The Morgan fingerprint density at radius 2 is 1.52 bits per heavy atom. The fraction of sp³-hybridized carbons (Fsp3) is 0.174. The first-order valence-electron chi connectivity index (χ1n) is 8.80. The Labute approximate surface area is 148 Å². The van der Waals surface area contributed by atoms with Crippen molar-refractivity contribution < 1.29 is 0 Å². The van der Waals surface area contributed by atoms with Crippen molar-refractivity contribution in [2.75, 3.05) is 0 Å². The molecule has 0 spiro atoms. The largest absolute Gasteiger partial charge is 0.321 e. The normalized spacial score (nSPS) is 12.4.